The van der Waals surface area contributed by atoms with E-state index in [1.807, 2.05) is 13.8 Å². The molecule has 0 aliphatic heterocycles. The molecule has 0 N–H and O–H groups in total. The molecule has 0 aliphatic rings. The number of nitrogens with zero attached hydrogens (tertiary/aromatic N) is 1. The Hall–Kier alpha value is -0.920. The minimum atomic E-state index is -0.718. The fraction of sp³-hybridized carbons (Fsp3) is 0.533. The SMILES string of the molecule is CCOC(=O)c1ccc(C(C[N+](=O)[O-])(SCC)SCC)cc1Cl. The fourth-order valence-corrected chi connectivity index (χ4v) is 5.37. The Balaban J connectivity index is 3.28. The van der Waals surface area contributed by atoms with Crippen molar-refractivity contribution in [2.24, 2.45) is 0 Å². The van der Waals surface area contributed by atoms with E-state index in [1.165, 1.54) is 23.5 Å². The molecule has 0 saturated heterocycles. The Kier molecular flexibility index (Phi) is 8.22. The summed E-state index contributed by atoms with van der Waals surface area (Å²) in [7, 11) is 0. The van der Waals surface area contributed by atoms with Crippen molar-refractivity contribution < 1.29 is 14.5 Å². The zero-order valence-corrected chi connectivity index (χ0v) is 15.7. The van der Waals surface area contributed by atoms with E-state index in [9.17, 15) is 14.9 Å². The van der Waals surface area contributed by atoms with Gasteiger partial charge in [0, 0.05) is 4.92 Å². The predicted octanol–water partition coefficient (Wildman–Crippen LogP) is 4.45. The highest BCUT2D eigenvalue weighted by Gasteiger charge is 2.38. The molecule has 5 nitrogen and oxygen atoms in total. The number of carbonyl (C=O) groups excluding carboxylic acids is 1. The van der Waals surface area contributed by atoms with Gasteiger partial charge in [-0.05, 0) is 36.1 Å². The third-order valence-corrected chi connectivity index (χ3v) is 6.26. The van der Waals surface area contributed by atoms with Gasteiger partial charge in [0.1, 0.15) is 0 Å². The third-order valence-electron chi connectivity index (χ3n) is 3.00. The van der Waals surface area contributed by atoms with E-state index in [0.717, 1.165) is 17.1 Å². The highest BCUT2D eigenvalue weighted by Crippen LogP contribution is 2.47. The van der Waals surface area contributed by atoms with Crippen LogP contribution in [0.15, 0.2) is 18.2 Å². The van der Waals surface area contributed by atoms with Gasteiger partial charge in [-0.25, -0.2) is 4.79 Å². The Morgan fingerprint density at radius 2 is 1.91 bits per heavy atom. The van der Waals surface area contributed by atoms with Gasteiger partial charge in [0.25, 0.3) is 0 Å². The molecule has 0 radical (unpaired) electrons. The second-order valence-electron chi connectivity index (χ2n) is 4.52. The largest absolute Gasteiger partial charge is 0.462 e. The molecule has 0 saturated carbocycles. The number of halogens is 1. The Bertz CT molecular complexity index is 562. The molecule has 1 aromatic rings. The van der Waals surface area contributed by atoms with Gasteiger partial charge in [-0.3, -0.25) is 10.1 Å². The topological polar surface area (TPSA) is 69.4 Å². The lowest BCUT2D eigenvalue weighted by atomic mass is 10.1. The maximum atomic E-state index is 11.8. The Labute approximate surface area is 149 Å². The van der Waals surface area contributed by atoms with Crippen molar-refractivity contribution >= 4 is 41.1 Å². The first-order valence-corrected chi connectivity index (χ1v) is 9.61. The summed E-state index contributed by atoms with van der Waals surface area (Å²) in [5.74, 6) is 0.978. The summed E-state index contributed by atoms with van der Waals surface area (Å²) < 4.78 is 4.23. The Morgan fingerprint density at radius 1 is 1.30 bits per heavy atom. The summed E-state index contributed by atoms with van der Waals surface area (Å²) in [5.41, 5.74) is 1.02. The molecular weight excluding hydrogens is 358 g/mol. The maximum Gasteiger partial charge on any atom is 0.339 e. The van der Waals surface area contributed by atoms with Crippen LogP contribution in [0, 0.1) is 10.1 Å². The van der Waals surface area contributed by atoms with Crippen molar-refractivity contribution in [3.63, 3.8) is 0 Å². The summed E-state index contributed by atoms with van der Waals surface area (Å²) in [4.78, 5) is 22.7. The van der Waals surface area contributed by atoms with Crippen LogP contribution >= 0.6 is 35.1 Å². The molecule has 0 fully saturated rings. The zero-order valence-electron chi connectivity index (χ0n) is 13.3. The molecule has 128 valence electrons. The zero-order chi connectivity index (χ0) is 17.5. The van der Waals surface area contributed by atoms with E-state index in [-0.39, 0.29) is 28.7 Å². The molecule has 0 aromatic heterocycles. The minimum absolute atomic E-state index is 0.209. The van der Waals surface area contributed by atoms with Gasteiger partial charge < -0.3 is 4.74 Å². The van der Waals surface area contributed by atoms with Crippen molar-refractivity contribution in [3.8, 4) is 0 Å². The average Bonchev–Trinajstić information content (AvgIpc) is 2.47. The van der Waals surface area contributed by atoms with Gasteiger partial charge in [-0.15, -0.1) is 23.5 Å². The Morgan fingerprint density at radius 3 is 2.35 bits per heavy atom. The first-order valence-electron chi connectivity index (χ1n) is 7.27. The van der Waals surface area contributed by atoms with Crippen molar-refractivity contribution in [3.05, 3.63) is 44.5 Å². The molecule has 0 atom stereocenters. The molecule has 0 aliphatic carbocycles. The number of hydrogen-bond acceptors (Lipinski definition) is 6. The van der Waals surface area contributed by atoms with Gasteiger partial charge in [0.05, 0.1) is 17.2 Å². The summed E-state index contributed by atoms with van der Waals surface area (Å²) >= 11 is 9.23. The lowest BCUT2D eigenvalue weighted by molar-refractivity contribution is -0.481. The summed E-state index contributed by atoms with van der Waals surface area (Å²) in [5, 5.41) is 11.4. The fourth-order valence-electron chi connectivity index (χ4n) is 2.15. The number of rotatable bonds is 9. The van der Waals surface area contributed by atoms with Crippen LogP contribution in [0.4, 0.5) is 0 Å². The molecule has 0 amide bonds. The van der Waals surface area contributed by atoms with Gasteiger partial charge in [0.2, 0.25) is 6.54 Å². The standard InChI is InChI=1S/C15H20ClNO4S2/c1-4-21-14(18)12-8-7-11(9-13(12)16)15(22-5-2,23-6-3)10-17(19)20/h7-9H,4-6,10H2,1-3H3. The molecule has 0 spiro atoms. The van der Waals surface area contributed by atoms with E-state index in [1.54, 1.807) is 25.1 Å². The lowest BCUT2D eigenvalue weighted by Gasteiger charge is -2.29. The molecule has 1 rings (SSSR count). The predicted molar refractivity (Wildman–Crippen MR) is 97.2 cm³/mol. The van der Waals surface area contributed by atoms with Crippen molar-refractivity contribution in [1.29, 1.82) is 0 Å². The molecular formula is C15H20ClNO4S2. The maximum absolute atomic E-state index is 11.8. The van der Waals surface area contributed by atoms with Crippen LogP contribution in [0.3, 0.4) is 0 Å². The number of carbonyl (C=O) groups is 1. The second-order valence-corrected chi connectivity index (χ2v) is 8.32. The smallest absolute Gasteiger partial charge is 0.339 e. The number of nitro groups is 1. The average molecular weight is 378 g/mol. The highest BCUT2D eigenvalue weighted by atomic mass is 35.5. The van der Waals surface area contributed by atoms with Gasteiger partial charge >= 0.3 is 5.97 Å². The van der Waals surface area contributed by atoms with Gasteiger partial charge in [-0.1, -0.05) is 31.5 Å². The quantitative estimate of drug-likeness (QED) is 0.274. The molecule has 23 heavy (non-hydrogen) atoms. The van der Waals surface area contributed by atoms with Gasteiger partial charge in [-0.2, -0.15) is 0 Å². The van der Waals surface area contributed by atoms with Gasteiger partial charge in [0.15, 0.2) is 4.08 Å². The summed E-state index contributed by atoms with van der Waals surface area (Å²) in [6.45, 7) is 5.70. The van der Waals surface area contributed by atoms with E-state index >= 15 is 0 Å². The third kappa shape index (κ3) is 5.29. The number of ether oxygens (including phenoxy) is 1. The van der Waals surface area contributed by atoms with E-state index in [2.05, 4.69) is 0 Å². The number of hydrogen-bond donors (Lipinski definition) is 0. The summed E-state index contributed by atoms with van der Waals surface area (Å²) in [6.07, 6.45) is 0. The lowest BCUT2D eigenvalue weighted by Crippen LogP contribution is -2.28. The van der Waals surface area contributed by atoms with Crippen molar-refractivity contribution in [1.82, 2.24) is 0 Å². The number of benzene rings is 1. The molecule has 8 heteroatoms. The van der Waals surface area contributed by atoms with E-state index in [4.69, 9.17) is 16.3 Å². The molecule has 0 unspecified atom stereocenters. The van der Waals surface area contributed by atoms with Crippen LogP contribution in [0.25, 0.3) is 0 Å². The second kappa shape index (κ2) is 9.39. The first-order chi connectivity index (χ1) is 10.9. The van der Waals surface area contributed by atoms with Crippen LogP contribution in [0.1, 0.15) is 36.7 Å². The number of thioether (sulfide) groups is 2. The van der Waals surface area contributed by atoms with Crippen molar-refractivity contribution in [2.45, 2.75) is 24.9 Å². The highest BCUT2D eigenvalue weighted by molar-refractivity contribution is 8.17. The van der Waals surface area contributed by atoms with Crippen molar-refractivity contribution in [2.75, 3.05) is 24.7 Å². The van der Waals surface area contributed by atoms with E-state index < -0.39 is 10.0 Å². The van der Waals surface area contributed by atoms with E-state index in [0.29, 0.717) is 0 Å². The normalized spacial score (nSPS) is 11.3. The molecule has 0 bridgehead atoms. The van der Waals surface area contributed by atoms with Crippen LogP contribution < -0.4 is 0 Å². The van der Waals surface area contributed by atoms with Crippen LogP contribution in [-0.2, 0) is 8.82 Å². The van der Waals surface area contributed by atoms with Crippen LogP contribution in [0.5, 0.6) is 0 Å². The van der Waals surface area contributed by atoms with Crippen LogP contribution in [-0.4, -0.2) is 35.5 Å². The first kappa shape index (κ1) is 20.1. The molecule has 0 heterocycles. The molecule has 1 aromatic carbocycles. The van der Waals surface area contributed by atoms with Crippen LogP contribution in [0.2, 0.25) is 5.02 Å². The monoisotopic (exact) mass is 377 g/mol. The number of esters is 1. The minimum Gasteiger partial charge on any atom is -0.462 e. The summed E-state index contributed by atoms with van der Waals surface area (Å²) in [6, 6.07) is 4.95.